The summed E-state index contributed by atoms with van der Waals surface area (Å²) in [7, 11) is 0. The Labute approximate surface area is 206 Å². The van der Waals surface area contributed by atoms with Crippen LogP contribution in [0.3, 0.4) is 0 Å². The molecular weight excluding hydrogens is 533 g/mol. The second-order valence-corrected chi connectivity index (χ2v) is 7.93. The monoisotopic (exact) mass is 561 g/mol. The summed E-state index contributed by atoms with van der Waals surface area (Å²) >= 11 is 0. The molecule has 8 nitrogen and oxygen atoms in total. The minimum absolute atomic E-state index is 0.0960. The summed E-state index contributed by atoms with van der Waals surface area (Å²) in [4.78, 5) is 46.1. The number of hydrogen-bond donors (Lipinski definition) is 1. The van der Waals surface area contributed by atoms with Crippen molar-refractivity contribution in [3.05, 3.63) is 0 Å². The SMILES string of the molecule is CCCCN(CCCCN(CCCN(CCC(=O)O)C(=O)C(F)(F)F)C(=O)C(F)(F)F)C(=O)C(F)(F)F. The van der Waals surface area contributed by atoms with Gasteiger partial charge in [-0.15, -0.1) is 0 Å². The van der Waals surface area contributed by atoms with Crippen LogP contribution < -0.4 is 0 Å². The van der Waals surface area contributed by atoms with Gasteiger partial charge in [0.1, 0.15) is 0 Å². The van der Waals surface area contributed by atoms with Gasteiger partial charge in [0, 0.05) is 39.3 Å². The molecule has 0 aliphatic rings. The number of nitrogens with zero attached hydrogens (tertiary/aromatic N) is 3. The van der Waals surface area contributed by atoms with E-state index >= 15 is 0 Å². The van der Waals surface area contributed by atoms with Crippen LogP contribution in [0.25, 0.3) is 0 Å². The Morgan fingerprint density at radius 2 is 0.838 bits per heavy atom. The number of carbonyl (C=O) groups excluding carboxylic acids is 3. The first kappa shape index (κ1) is 34.2. The van der Waals surface area contributed by atoms with Gasteiger partial charge in [-0.1, -0.05) is 13.3 Å². The van der Waals surface area contributed by atoms with Crippen molar-refractivity contribution in [2.75, 3.05) is 39.3 Å². The molecule has 0 aromatic heterocycles. The summed E-state index contributed by atoms with van der Waals surface area (Å²) in [5, 5.41) is 8.62. The summed E-state index contributed by atoms with van der Waals surface area (Å²) in [5.74, 6) is -8.38. The van der Waals surface area contributed by atoms with Crippen molar-refractivity contribution < 1.29 is 63.8 Å². The van der Waals surface area contributed by atoms with Crippen LogP contribution in [0.5, 0.6) is 0 Å². The maximum absolute atomic E-state index is 12.9. The second kappa shape index (κ2) is 14.9. The summed E-state index contributed by atoms with van der Waals surface area (Å²) in [6.45, 7) is -2.10. The maximum atomic E-state index is 12.9. The average molecular weight is 561 g/mol. The van der Waals surface area contributed by atoms with Gasteiger partial charge in [-0.05, 0) is 25.7 Å². The molecule has 0 saturated heterocycles. The van der Waals surface area contributed by atoms with Gasteiger partial charge in [-0.2, -0.15) is 39.5 Å². The molecular formula is C20H28F9N3O5. The van der Waals surface area contributed by atoms with Crippen molar-refractivity contribution >= 4 is 23.7 Å². The van der Waals surface area contributed by atoms with Gasteiger partial charge in [0.2, 0.25) is 0 Å². The van der Waals surface area contributed by atoms with Gasteiger partial charge in [0.15, 0.2) is 0 Å². The number of halogens is 9. The predicted octanol–water partition coefficient (Wildman–Crippen LogP) is 3.60. The molecule has 1 N–H and O–H groups in total. The third-order valence-corrected chi connectivity index (χ3v) is 4.93. The van der Waals surface area contributed by atoms with Crippen molar-refractivity contribution in [2.45, 2.75) is 64.0 Å². The number of amides is 3. The van der Waals surface area contributed by atoms with Crippen molar-refractivity contribution in [3.8, 4) is 0 Å². The normalized spacial score (nSPS) is 12.3. The minimum Gasteiger partial charge on any atom is -0.481 e. The number of alkyl halides is 9. The number of carbonyl (C=O) groups is 4. The molecule has 0 rings (SSSR count). The average Bonchev–Trinajstić information content (AvgIpc) is 2.75. The lowest BCUT2D eigenvalue weighted by Gasteiger charge is -2.27. The van der Waals surface area contributed by atoms with Gasteiger partial charge < -0.3 is 19.8 Å². The highest BCUT2D eigenvalue weighted by molar-refractivity contribution is 5.83. The Kier molecular flexibility index (Phi) is 13.8. The van der Waals surface area contributed by atoms with E-state index in [2.05, 4.69) is 0 Å². The lowest BCUT2D eigenvalue weighted by Crippen LogP contribution is -2.45. The molecule has 17 heteroatoms. The van der Waals surface area contributed by atoms with Crippen molar-refractivity contribution in [1.82, 2.24) is 14.7 Å². The third kappa shape index (κ3) is 13.4. The quantitative estimate of drug-likeness (QED) is 0.244. The smallest absolute Gasteiger partial charge is 0.471 e. The molecule has 0 aliphatic heterocycles. The lowest BCUT2D eigenvalue weighted by atomic mass is 10.2. The molecule has 0 unspecified atom stereocenters. The van der Waals surface area contributed by atoms with E-state index in [1.54, 1.807) is 6.92 Å². The zero-order chi connectivity index (χ0) is 29.0. The molecule has 0 saturated carbocycles. The Morgan fingerprint density at radius 3 is 1.14 bits per heavy atom. The topological polar surface area (TPSA) is 98.2 Å². The summed E-state index contributed by atoms with van der Waals surface area (Å²) in [6.07, 6.45) is -17.1. The first-order chi connectivity index (χ1) is 16.8. The van der Waals surface area contributed by atoms with E-state index < -0.39 is 87.8 Å². The molecule has 216 valence electrons. The predicted molar refractivity (Wildman–Crippen MR) is 109 cm³/mol. The largest absolute Gasteiger partial charge is 0.481 e. The van der Waals surface area contributed by atoms with Gasteiger partial charge in [0.25, 0.3) is 0 Å². The zero-order valence-electron chi connectivity index (χ0n) is 19.8. The number of carboxylic acid groups (broad SMARTS) is 1. The van der Waals surface area contributed by atoms with E-state index in [-0.39, 0.29) is 35.6 Å². The molecule has 0 radical (unpaired) electrons. The molecule has 3 amide bonds. The van der Waals surface area contributed by atoms with Crippen LogP contribution in [-0.4, -0.2) is 101 Å². The highest BCUT2D eigenvalue weighted by Gasteiger charge is 2.44. The number of aliphatic carboxylic acids is 1. The molecule has 0 bridgehead atoms. The second-order valence-electron chi connectivity index (χ2n) is 7.93. The van der Waals surface area contributed by atoms with Gasteiger partial charge in [0.05, 0.1) is 6.42 Å². The third-order valence-electron chi connectivity index (χ3n) is 4.93. The van der Waals surface area contributed by atoms with Crippen molar-refractivity contribution in [1.29, 1.82) is 0 Å². The number of unbranched alkanes of at least 4 members (excludes halogenated alkanes) is 2. The van der Waals surface area contributed by atoms with Crippen molar-refractivity contribution in [3.63, 3.8) is 0 Å². The molecule has 0 aliphatic carbocycles. The molecule has 0 fully saturated rings. The van der Waals surface area contributed by atoms with Crippen molar-refractivity contribution in [2.24, 2.45) is 0 Å². The summed E-state index contributed by atoms with van der Waals surface area (Å²) in [5.41, 5.74) is 0. The van der Waals surface area contributed by atoms with E-state index in [4.69, 9.17) is 5.11 Å². The van der Waals surface area contributed by atoms with Gasteiger partial charge in [-0.3, -0.25) is 19.2 Å². The van der Waals surface area contributed by atoms with Crippen LogP contribution >= 0.6 is 0 Å². The van der Waals surface area contributed by atoms with Crippen LogP contribution in [0.4, 0.5) is 39.5 Å². The van der Waals surface area contributed by atoms with Crippen LogP contribution in [0, 0.1) is 0 Å². The molecule has 0 aromatic rings. The maximum Gasteiger partial charge on any atom is 0.471 e. The van der Waals surface area contributed by atoms with E-state index in [1.807, 2.05) is 0 Å². The fourth-order valence-electron chi connectivity index (χ4n) is 3.12. The molecule has 0 spiro atoms. The molecule has 0 aromatic carbocycles. The Bertz CT molecular complexity index is 770. The molecule has 0 atom stereocenters. The zero-order valence-corrected chi connectivity index (χ0v) is 19.8. The summed E-state index contributed by atoms with van der Waals surface area (Å²) < 4.78 is 115. The van der Waals surface area contributed by atoms with Crippen LogP contribution in [0.2, 0.25) is 0 Å². The molecule has 0 heterocycles. The standard InChI is InChI=1S/C20H28F9N3O5/c1-2-3-8-30(15(35)18(21,22)23)9-4-5-10-31(16(36)19(24,25)26)11-6-12-32(13-7-14(33)34)17(37)20(27,28)29/h2-13H2,1H3,(H,33,34). The van der Waals surface area contributed by atoms with Gasteiger partial charge in [-0.25, -0.2) is 0 Å². The van der Waals surface area contributed by atoms with E-state index in [9.17, 15) is 58.7 Å². The van der Waals surface area contributed by atoms with Gasteiger partial charge >= 0.3 is 42.2 Å². The fraction of sp³-hybridized carbons (Fsp3) is 0.800. The highest BCUT2D eigenvalue weighted by atomic mass is 19.4. The minimum atomic E-state index is -5.36. The Morgan fingerprint density at radius 1 is 0.541 bits per heavy atom. The van der Waals surface area contributed by atoms with E-state index in [0.29, 0.717) is 11.3 Å². The fourth-order valence-corrected chi connectivity index (χ4v) is 3.12. The first-order valence-electron chi connectivity index (χ1n) is 11.1. The summed E-state index contributed by atoms with van der Waals surface area (Å²) in [6, 6.07) is 0. The lowest BCUT2D eigenvalue weighted by molar-refractivity contribution is -0.187. The van der Waals surface area contributed by atoms with Crippen LogP contribution in [0.15, 0.2) is 0 Å². The molecule has 37 heavy (non-hydrogen) atoms. The highest BCUT2D eigenvalue weighted by Crippen LogP contribution is 2.22. The first-order valence-corrected chi connectivity index (χ1v) is 11.1. The number of rotatable bonds is 15. The van der Waals surface area contributed by atoms with E-state index in [1.165, 1.54) is 0 Å². The Balaban J connectivity index is 5.21. The Hall–Kier alpha value is -2.75. The number of carboxylic acids is 1. The van der Waals surface area contributed by atoms with E-state index in [0.717, 1.165) is 0 Å². The van der Waals surface area contributed by atoms with Crippen LogP contribution in [-0.2, 0) is 19.2 Å². The van der Waals surface area contributed by atoms with Crippen LogP contribution in [0.1, 0.15) is 45.4 Å². The number of hydrogen-bond acceptors (Lipinski definition) is 4.